The summed E-state index contributed by atoms with van der Waals surface area (Å²) in [4.78, 5) is 16.6. The van der Waals surface area contributed by atoms with Gasteiger partial charge in [0.15, 0.2) is 5.69 Å². The molecule has 3 aromatic rings. The van der Waals surface area contributed by atoms with E-state index >= 15 is 0 Å². The Kier molecular flexibility index (Phi) is 5.82. The predicted molar refractivity (Wildman–Crippen MR) is 106 cm³/mol. The van der Waals surface area contributed by atoms with E-state index in [0.29, 0.717) is 11.6 Å². The molecule has 0 saturated carbocycles. The molecule has 0 fully saturated rings. The van der Waals surface area contributed by atoms with Gasteiger partial charge in [-0.3, -0.25) is 9.48 Å². The lowest BCUT2D eigenvalue weighted by Crippen LogP contribution is -2.22. The summed E-state index contributed by atoms with van der Waals surface area (Å²) in [6, 6.07) is 8.12. The number of ether oxygens (including phenoxy) is 1. The van der Waals surface area contributed by atoms with Crippen LogP contribution in [0.5, 0.6) is 11.6 Å². The molecule has 0 aliphatic rings. The number of hydrogen-bond acceptors (Lipinski definition) is 4. The molecule has 0 aliphatic carbocycles. The first-order valence-electron chi connectivity index (χ1n) is 9.24. The zero-order chi connectivity index (χ0) is 22.1. The van der Waals surface area contributed by atoms with Crippen molar-refractivity contribution in [2.75, 3.05) is 5.32 Å². The van der Waals surface area contributed by atoms with Gasteiger partial charge in [-0.1, -0.05) is 12.1 Å². The Balaban J connectivity index is 1.78. The number of aryl methyl sites for hydroxylation is 1. The van der Waals surface area contributed by atoms with Crippen molar-refractivity contribution >= 4 is 11.6 Å². The van der Waals surface area contributed by atoms with Gasteiger partial charge < -0.3 is 10.1 Å². The fourth-order valence-electron chi connectivity index (χ4n) is 2.86. The van der Waals surface area contributed by atoms with Crippen molar-refractivity contribution in [1.29, 1.82) is 0 Å². The molecule has 2 heterocycles. The molecule has 158 valence electrons. The largest absolute Gasteiger partial charge is 0.439 e. The number of nitrogens with one attached hydrogen (secondary N) is 1. The Morgan fingerprint density at radius 3 is 2.47 bits per heavy atom. The van der Waals surface area contributed by atoms with E-state index < -0.39 is 29.4 Å². The molecule has 0 unspecified atom stereocenters. The van der Waals surface area contributed by atoms with Crippen molar-refractivity contribution in [2.45, 2.75) is 39.9 Å². The van der Waals surface area contributed by atoms with Gasteiger partial charge in [0, 0.05) is 12.1 Å². The first-order chi connectivity index (χ1) is 14.1. The second-order valence-corrected chi connectivity index (χ2v) is 7.08. The number of carbonyl (C=O) groups excluding carboxylic acids is 1. The Bertz CT molecular complexity index is 1060. The number of benzene rings is 1. The number of anilines is 1. The fraction of sp³-hybridized carbons (Fsp3) is 0.286. The van der Waals surface area contributed by atoms with Gasteiger partial charge in [0.25, 0.3) is 5.91 Å². The lowest BCUT2D eigenvalue weighted by molar-refractivity contribution is -0.145. The van der Waals surface area contributed by atoms with Crippen molar-refractivity contribution in [2.24, 2.45) is 0 Å². The van der Waals surface area contributed by atoms with Crippen molar-refractivity contribution in [3.05, 3.63) is 65.1 Å². The number of carbonyl (C=O) groups is 1. The predicted octanol–water partition coefficient (Wildman–Crippen LogP) is 5.54. The molecule has 9 heteroatoms. The summed E-state index contributed by atoms with van der Waals surface area (Å²) in [5, 5.41) is 6.15. The second-order valence-electron chi connectivity index (χ2n) is 7.08. The maximum Gasteiger partial charge on any atom is 0.433 e. The number of rotatable bonds is 5. The van der Waals surface area contributed by atoms with Gasteiger partial charge in [0.1, 0.15) is 5.75 Å². The van der Waals surface area contributed by atoms with Crippen molar-refractivity contribution < 1.29 is 22.7 Å². The van der Waals surface area contributed by atoms with Crippen LogP contribution in [0.3, 0.4) is 0 Å². The lowest BCUT2D eigenvalue weighted by Gasteiger charge is -2.15. The van der Waals surface area contributed by atoms with E-state index in [9.17, 15) is 18.0 Å². The minimum absolute atomic E-state index is 0.235. The number of nitrogens with zero attached hydrogens (tertiary/aromatic N) is 3. The summed E-state index contributed by atoms with van der Waals surface area (Å²) in [7, 11) is 0. The van der Waals surface area contributed by atoms with Gasteiger partial charge >= 0.3 is 6.18 Å². The smallest absolute Gasteiger partial charge is 0.433 e. The molecular formula is C21H21F3N4O2. The van der Waals surface area contributed by atoms with Crippen LogP contribution in [0.15, 0.2) is 42.7 Å². The summed E-state index contributed by atoms with van der Waals surface area (Å²) < 4.78 is 46.9. The third kappa shape index (κ3) is 4.45. The lowest BCUT2D eigenvalue weighted by atomic mass is 10.1. The quantitative estimate of drug-likeness (QED) is 0.591. The zero-order valence-electron chi connectivity index (χ0n) is 16.9. The van der Waals surface area contributed by atoms with Crippen LogP contribution in [0.1, 0.15) is 47.1 Å². The van der Waals surface area contributed by atoms with Crippen molar-refractivity contribution in [3.63, 3.8) is 0 Å². The van der Waals surface area contributed by atoms with Crippen molar-refractivity contribution in [3.8, 4) is 11.6 Å². The second kappa shape index (κ2) is 8.17. The highest BCUT2D eigenvalue weighted by atomic mass is 19.4. The highest BCUT2D eigenvalue weighted by Crippen LogP contribution is 2.34. The van der Waals surface area contributed by atoms with Gasteiger partial charge in [0.05, 0.1) is 23.6 Å². The molecule has 2 aromatic heterocycles. The van der Waals surface area contributed by atoms with Crippen LogP contribution in [0, 0.1) is 13.8 Å². The maximum absolute atomic E-state index is 13.5. The molecule has 1 amide bonds. The van der Waals surface area contributed by atoms with E-state index in [1.807, 2.05) is 32.0 Å². The first-order valence-corrected chi connectivity index (χ1v) is 9.24. The Morgan fingerprint density at radius 2 is 1.87 bits per heavy atom. The van der Waals surface area contributed by atoms with Crippen LogP contribution in [0.2, 0.25) is 0 Å². The van der Waals surface area contributed by atoms with E-state index in [1.54, 1.807) is 13.8 Å². The van der Waals surface area contributed by atoms with E-state index in [2.05, 4.69) is 15.4 Å². The van der Waals surface area contributed by atoms with Gasteiger partial charge in [-0.25, -0.2) is 4.98 Å². The Morgan fingerprint density at radius 1 is 1.13 bits per heavy atom. The third-order valence-corrected chi connectivity index (χ3v) is 4.56. The normalized spacial score (nSPS) is 11.6. The van der Waals surface area contributed by atoms with E-state index in [0.717, 1.165) is 22.0 Å². The SMILES string of the molecule is Cc1cccc(Oc2ccc(NC(=O)c3cnn(C(C)C)c3C(F)(F)F)cn2)c1C. The number of amides is 1. The molecule has 1 aromatic carbocycles. The van der Waals surface area contributed by atoms with Crippen LogP contribution in [0.4, 0.5) is 18.9 Å². The molecule has 1 N–H and O–H groups in total. The van der Waals surface area contributed by atoms with Crippen LogP contribution in [-0.2, 0) is 6.18 Å². The number of alkyl halides is 3. The van der Waals surface area contributed by atoms with Gasteiger partial charge in [-0.05, 0) is 51.0 Å². The highest BCUT2D eigenvalue weighted by Gasteiger charge is 2.40. The highest BCUT2D eigenvalue weighted by molar-refractivity contribution is 6.05. The molecule has 6 nitrogen and oxygen atoms in total. The third-order valence-electron chi connectivity index (χ3n) is 4.56. The monoisotopic (exact) mass is 418 g/mol. The van der Waals surface area contributed by atoms with E-state index in [-0.39, 0.29) is 5.69 Å². The first kappa shape index (κ1) is 21.4. The van der Waals surface area contributed by atoms with E-state index in [4.69, 9.17) is 4.74 Å². The molecule has 30 heavy (non-hydrogen) atoms. The molecule has 0 saturated heterocycles. The van der Waals surface area contributed by atoms with Crippen LogP contribution < -0.4 is 10.1 Å². The molecular weight excluding hydrogens is 397 g/mol. The van der Waals surface area contributed by atoms with Gasteiger partial charge in [-0.15, -0.1) is 0 Å². The topological polar surface area (TPSA) is 69.0 Å². The summed E-state index contributed by atoms with van der Waals surface area (Å²) in [5.74, 6) is 0.0275. The molecule has 0 atom stereocenters. The van der Waals surface area contributed by atoms with Gasteiger partial charge in [0.2, 0.25) is 5.88 Å². The summed E-state index contributed by atoms with van der Waals surface area (Å²) in [6.45, 7) is 7.00. The Hall–Kier alpha value is -3.36. The van der Waals surface area contributed by atoms with Crippen molar-refractivity contribution in [1.82, 2.24) is 14.8 Å². The maximum atomic E-state index is 13.5. The molecule has 3 rings (SSSR count). The molecule has 0 radical (unpaired) electrons. The minimum atomic E-state index is -4.71. The average molecular weight is 418 g/mol. The molecule has 0 bridgehead atoms. The fourth-order valence-corrected chi connectivity index (χ4v) is 2.86. The standard InChI is InChI=1S/C21H21F3N4O2/c1-12(2)28-19(21(22,23)24)16(11-26-28)20(29)27-15-8-9-18(25-10-15)30-17-7-5-6-13(3)14(17)4/h5-12H,1-4H3,(H,27,29). The zero-order valence-corrected chi connectivity index (χ0v) is 16.9. The van der Waals surface area contributed by atoms with Gasteiger partial charge in [-0.2, -0.15) is 18.3 Å². The summed E-state index contributed by atoms with van der Waals surface area (Å²) in [6.07, 6.45) is -2.48. The average Bonchev–Trinajstić information content (AvgIpc) is 3.13. The Labute approximate surface area is 171 Å². The minimum Gasteiger partial charge on any atom is -0.439 e. The summed E-state index contributed by atoms with van der Waals surface area (Å²) in [5.41, 5.74) is 0.640. The number of aromatic nitrogens is 3. The molecule has 0 aliphatic heterocycles. The number of pyridine rings is 1. The van der Waals surface area contributed by atoms with Crippen LogP contribution in [-0.4, -0.2) is 20.7 Å². The van der Waals surface area contributed by atoms with Crippen LogP contribution in [0.25, 0.3) is 0 Å². The van der Waals surface area contributed by atoms with E-state index in [1.165, 1.54) is 18.3 Å². The van der Waals surface area contributed by atoms with Crippen LogP contribution >= 0.6 is 0 Å². The molecule has 0 spiro atoms. The number of halogens is 3. The summed E-state index contributed by atoms with van der Waals surface area (Å²) >= 11 is 0. The number of hydrogen-bond donors (Lipinski definition) is 1.